The van der Waals surface area contributed by atoms with Gasteiger partial charge in [0.1, 0.15) is 0 Å². The van der Waals surface area contributed by atoms with E-state index in [1.54, 1.807) is 24.3 Å². The van der Waals surface area contributed by atoms with Crippen molar-refractivity contribution in [2.24, 2.45) is 0 Å². The minimum absolute atomic E-state index is 0.220. The van der Waals surface area contributed by atoms with Crippen LogP contribution in [0.2, 0.25) is 5.02 Å². The van der Waals surface area contributed by atoms with Gasteiger partial charge in [-0.3, -0.25) is 4.55 Å². The molecular formula is C9H7ClN2O4S. The highest BCUT2D eigenvalue weighted by atomic mass is 35.5. The van der Waals surface area contributed by atoms with Crippen LogP contribution in [0.3, 0.4) is 0 Å². The Morgan fingerprint density at radius 2 is 1.88 bits per heavy atom. The van der Waals surface area contributed by atoms with Crippen molar-refractivity contribution in [2.75, 3.05) is 0 Å². The van der Waals surface area contributed by atoms with E-state index in [0.717, 1.165) is 0 Å². The predicted octanol–water partition coefficient (Wildman–Crippen LogP) is 1.71. The number of aromatic nitrogens is 2. The molecule has 0 radical (unpaired) electrons. The molecule has 1 N–H and O–H groups in total. The van der Waals surface area contributed by atoms with E-state index in [-0.39, 0.29) is 5.88 Å². The molecule has 0 saturated carbocycles. The van der Waals surface area contributed by atoms with E-state index >= 15 is 0 Å². The van der Waals surface area contributed by atoms with E-state index in [0.29, 0.717) is 10.7 Å². The maximum absolute atomic E-state index is 10.5. The van der Waals surface area contributed by atoms with Crippen LogP contribution in [0.4, 0.5) is 0 Å². The molecule has 0 aliphatic carbocycles. The van der Waals surface area contributed by atoms with Crippen LogP contribution in [-0.4, -0.2) is 22.8 Å². The Balaban J connectivity index is 2.27. The first-order chi connectivity index (χ1) is 7.94. The fourth-order valence-electron chi connectivity index (χ4n) is 1.20. The lowest BCUT2D eigenvalue weighted by atomic mass is 10.3. The Morgan fingerprint density at radius 3 is 2.47 bits per heavy atom. The van der Waals surface area contributed by atoms with Crippen molar-refractivity contribution in [1.29, 1.82) is 0 Å². The predicted molar refractivity (Wildman–Crippen MR) is 60.8 cm³/mol. The van der Waals surface area contributed by atoms with Crippen molar-refractivity contribution in [2.45, 2.75) is 0 Å². The van der Waals surface area contributed by atoms with Crippen molar-refractivity contribution >= 4 is 22.0 Å². The summed E-state index contributed by atoms with van der Waals surface area (Å²) in [5, 5.41) is 4.39. The van der Waals surface area contributed by atoms with Crippen molar-refractivity contribution in [3.8, 4) is 11.6 Å². The summed E-state index contributed by atoms with van der Waals surface area (Å²) in [4.78, 5) is 0. The van der Waals surface area contributed by atoms with Gasteiger partial charge in [-0.2, -0.15) is 8.42 Å². The first-order valence-electron chi connectivity index (χ1n) is 4.42. The third-order valence-electron chi connectivity index (χ3n) is 1.85. The van der Waals surface area contributed by atoms with Crippen molar-refractivity contribution in [1.82, 2.24) is 9.78 Å². The van der Waals surface area contributed by atoms with Gasteiger partial charge in [0.15, 0.2) is 0 Å². The third-order valence-corrected chi connectivity index (χ3v) is 2.48. The summed E-state index contributed by atoms with van der Waals surface area (Å²) < 4.78 is 35.0. The van der Waals surface area contributed by atoms with Gasteiger partial charge in [0.05, 0.1) is 5.69 Å². The van der Waals surface area contributed by atoms with Crippen LogP contribution in [-0.2, 0) is 10.4 Å². The first kappa shape index (κ1) is 11.9. The lowest BCUT2D eigenvalue weighted by molar-refractivity contribution is 0.380. The zero-order valence-corrected chi connectivity index (χ0v) is 9.89. The number of hydrogen-bond acceptors (Lipinski definition) is 4. The average Bonchev–Trinajstić information content (AvgIpc) is 2.64. The molecule has 0 fully saturated rings. The molecule has 0 aliphatic rings. The second-order valence-corrected chi connectivity index (χ2v) is 4.54. The largest absolute Gasteiger partial charge is 0.448 e. The summed E-state index contributed by atoms with van der Waals surface area (Å²) in [6.07, 6.45) is 1.49. The molecule has 1 aromatic carbocycles. The van der Waals surface area contributed by atoms with Crippen LogP contribution in [0.1, 0.15) is 0 Å². The summed E-state index contributed by atoms with van der Waals surface area (Å²) in [6, 6.07) is 8.05. The van der Waals surface area contributed by atoms with Gasteiger partial charge in [-0.15, -0.1) is 5.10 Å². The zero-order chi connectivity index (χ0) is 12.5. The number of rotatable bonds is 3. The number of benzene rings is 1. The molecule has 0 amide bonds. The van der Waals surface area contributed by atoms with Crippen LogP contribution < -0.4 is 4.18 Å². The number of hydrogen-bond donors (Lipinski definition) is 1. The van der Waals surface area contributed by atoms with Gasteiger partial charge < -0.3 is 4.18 Å². The van der Waals surface area contributed by atoms with E-state index in [1.165, 1.54) is 16.9 Å². The number of nitrogens with zero attached hydrogens (tertiary/aromatic N) is 2. The summed E-state index contributed by atoms with van der Waals surface area (Å²) >= 11 is 5.72. The highest BCUT2D eigenvalue weighted by Gasteiger charge is 2.10. The van der Waals surface area contributed by atoms with E-state index in [9.17, 15) is 8.42 Å². The van der Waals surface area contributed by atoms with Crippen LogP contribution >= 0.6 is 11.6 Å². The smallest absolute Gasteiger partial charge is 0.339 e. The zero-order valence-electron chi connectivity index (χ0n) is 8.32. The highest BCUT2D eigenvalue weighted by Crippen LogP contribution is 2.15. The molecule has 90 valence electrons. The van der Waals surface area contributed by atoms with Crippen LogP contribution in [0.25, 0.3) is 5.69 Å². The van der Waals surface area contributed by atoms with E-state index in [1.807, 2.05) is 0 Å². The Kier molecular flexibility index (Phi) is 3.05. The van der Waals surface area contributed by atoms with Crippen LogP contribution in [0.5, 0.6) is 5.88 Å². The molecule has 17 heavy (non-hydrogen) atoms. The van der Waals surface area contributed by atoms with Crippen LogP contribution in [0, 0.1) is 0 Å². The Morgan fingerprint density at radius 1 is 1.24 bits per heavy atom. The highest BCUT2D eigenvalue weighted by molar-refractivity contribution is 7.81. The fourth-order valence-corrected chi connectivity index (χ4v) is 1.63. The molecule has 2 aromatic rings. The molecule has 0 spiro atoms. The van der Waals surface area contributed by atoms with E-state index < -0.39 is 10.4 Å². The summed E-state index contributed by atoms with van der Waals surface area (Å²) in [5.41, 5.74) is 0.680. The van der Waals surface area contributed by atoms with Crippen LogP contribution in [0.15, 0.2) is 36.5 Å². The SMILES string of the molecule is O=S(=O)(O)Oc1ccn(-c2ccc(Cl)cc2)n1. The van der Waals surface area contributed by atoms with Gasteiger partial charge in [-0.05, 0) is 24.3 Å². The number of halogens is 1. The molecule has 2 rings (SSSR count). The van der Waals surface area contributed by atoms with Crippen molar-refractivity contribution in [3.63, 3.8) is 0 Å². The molecule has 0 unspecified atom stereocenters. The summed E-state index contributed by atoms with van der Waals surface area (Å²) in [7, 11) is -4.55. The molecule has 0 saturated heterocycles. The quantitative estimate of drug-likeness (QED) is 0.862. The molecule has 1 aromatic heterocycles. The lowest BCUT2D eigenvalue weighted by Crippen LogP contribution is -2.07. The van der Waals surface area contributed by atoms with Gasteiger partial charge in [-0.25, -0.2) is 4.68 Å². The Bertz CT molecular complexity index is 621. The van der Waals surface area contributed by atoms with Crippen molar-refractivity contribution < 1.29 is 17.2 Å². The third kappa shape index (κ3) is 3.19. The standard InChI is InChI=1S/C9H7ClN2O4S/c10-7-1-3-8(4-2-7)12-6-5-9(11-12)16-17(13,14)15/h1-6H,(H,13,14,15). The first-order valence-corrected chi connectivity index (χ1v) is 6.17. The second kappa shape index (κ2) is 4.36. The second-order valence-electron chi connectivity index (χ2n) is 3.09. The van der Waals surface area contributed by atoms with Crippen molar-refractivity contribution in [3.05, 3.63) is 41.6 Å². The molecule has 0 atom stereocenters. The Labute approximate surface area is 102 Å². The van der Waals surface area contributed by atoms with Gasteiger partial charge in [0, 0.05) is 17.3 Å². The molecule has 6 nitrogen and oxygen atoms in total. The van der Waals surface area contributed by atoms with E-state index in [4.69, 9.17) is 16.2 Å². The molecule has 0 aliphatic heterocycles. The summed E-state index contributed by atoms with van der Waals surface area (Å²) in [5.74, 6) is -0.220. The maximum Gasteiger partial charge on any atom is 0.448 e. The van der Waals surface area contributed by atoms with Gasteiger partial charge in [0.2, 0.25) is 0 Å². The fraction of sp³-hybridized carbons (Fsp3) is 0. The molecule has 0 bridgehead atoms. The maximum atomic E-state index is 10.5. The molecule has 8 heteroatoms. The topological polar surface area (TPSA) is 81.4 Å². The van der Waals surface area contributed by atoms with Gasteiger partial charge in [-0.1, -0.05) is 11.6 Å². The molecule has 1 heterocycles. The van der Waals surface area contributed by atoms with Gasteiger partial charge >= 0.3 is 10.4 Å². The molecular weight excluding hydrogens is 268 g/mol. The summed E-state index contributed by atoms with van der Waals surface area (Å²) in [6.45, 7) is 0. The average molecular weight is 275 g/mol. The Hall–Kier alpha value is -1.57. The normalized spacial score (nSPS) is 11.4. The minimum Gasteiger partial charge on any atom is -0.339 e. The minimum atomic E-state index is -4.55. The lowest BCUT2D eigenvalue weighted by Gasteiger charge is -2.00. The van der Waals surface area contributed by atoms with E-state index in [2.05, 4.69) is 9.28 Å². The monoisotopic (exact) mass is 274 g/mol. The van der Waals surface area contributed by atoms with Gasteiger partial charge in [0.25, 0.3) is 5.88 Å².